The van der Waals surface area contributed by atoms with Crippen LogP contribution in [0.5, 0.6) is 11.5 Å². The van der Waals surface area contributed by atoms with E-state index < -0.39 is 12.1 Å². The van der Waals surface area contributed by atoms with Gasteiger partial charge in [-0.2, -0.15) is 0 Å². The van der Waals surface area contributed by atoms with Crippen LogP contribution < -0.4 is 19.8 Å². The van der Waals surface area contributed by atoms with Gasteiger partial charge in [0.2, 0.25) is 0 Å². The number of pyridine rings is 1. The normalized spacial score (nSPS) is 11.7. The number of H-pyrrole nitrogens is 2. The van der Waals surface area contributed by atoms with E-state index in [1.165, 1.54) is 0 Å². The number of rotatable bonds is 10. The number of aromatic nitrogens is 2. The highest BCUT2D eigenvalue weighted by molar-refractivity contribution is 6.35. The number of fused-ring (bicyclic) bond motifs is 1. The number of para-hydroxylation sites is 1. The lowest BCUT2D eigenvalue weighted by molar-refractivity contribution is -0.377. The molecule has 40 heavy (non-hydrogen) atoms. The Bertz CT molecular complexity index is 1620. The van der Waals surface area contributed by atoms with Crippen LogP contribution in [0, 0.1) is 0 Å². The van der Waals surface area contributed by atoms with E-state index >= 15 is 0 Å². The number of carbonyl (C=O) groups excluding carboxylic acids is 1. The Kier molecular flexibility index (Phi) is 8.43. The van der Waals surface area contributed by atoms with E-state index in [-0.39, 0.29) is 6.42 Å². The Morgan fingerprint density at radius 1 is 0.950 bits per heavy atom. The Morgan fingerprint density at radius 2 is 1.70 bits per heavy atom. The van der Waals surface area contributed by atoms with Crippen molar-refractivity contribution in [1.29, 1.82) is 0 Å². The lowest BCUT2D eigenvalue weighted by Crippen LogP contribution is -2.16. The Labute approximate surface area is 242 Å². The van der Waals surface area contributed by atoms with Crippen molar-refractivity contribution in [3.05, 3.63) is 118 Å². The predicted molar refractivity (Wildman–Crippen MR) is 156 cm³/mol. The number of nitrogens with one attached hydrogen (secondary N) is 3. The molecule has 3 aromatic carbocycles. The highest BCUT2D eigenvalue weighted by atomic mass is 35.5. The van der Waals surface area contributed by atoms with Crippen LogP contribution in [0.15, 0.2) is 85.3 Å². The van der Waals surface area contributed by atoms with Crippen LogP contribution in [-0.4, -0.2) is 25.2 Å². The van der Waals surface area contributed by atoms with Gasteiger partial charge >= 0.3 is 5.97 Å². The van der Waals surface area contributed by atoms with Crippen molar-refractivity contribution in [2.75, 3.05) is 19.5 Å². The van der Waals surface area contributed by atoms with Crippen molar-refractivity contribution in [2.45, 2.75) is 19.1 Å². The van der Waals surface area contributed by atoms with Crippen molar-refractivity contribution < 1.29 is 24.0 Å². The maximum Gasteiger partial charge on any atom is 0.338 e. The van der Waals surface area contributed by atoms with Crippen LogP contribution in [0.25, 0.3) is 10.9 Å². The fourth-order valence-electron chi connectivity index (χ4n) is 4.52. The fraction of sp³-hybridized carbons (Fsp3) is 0.161. The number of anilines is 1. The minimum atomic E-state index is -0.688. The molecule has 3 N–H and O–H groups in total. The number of halogens is 2. The van der Waals surface area contributed by atoms with Gasteiger partial charge in [-0.3, -0.25) is 0 Å². The van der Waals surface area contributed by atoms with Gasteiger partial charge in [0.1, 0.15) is 16.1 Å². The minimum Gasteiger partial charge on any atom is -0.493 e. The summed E-state index contributed by atoms with van der Waals surface area (Å²) in [7, 11) is 3.12. The molecule has 0 aliphatic rings. The van der Waals surface area contributed by atoms with Crippen LogP contribution in [0.3, 0.4) is 0 Å². The number of ether oxygens (including phenoxy) is 3. The predicted octanol–water partition coefficient (Wildman–Crippen LogP) is 7.06. The maximum atomic E-state index is 13.3. The summed E-state index contributed by atoms with van der Waals surface area (Å²) in [5.41, 5.74) is 4.90. The molecule has 5 aromatic rings. The van der Waals surface area contributed by atoms with Crippen molar-refractivity contribution in [2.24, 2.45) is 0 Å². The van der Waals surface area contributed by atoms with Gasteiger partial charge in [0.25, 0.3) is 0 Å². The third-order valence-electron chi connectivity index (χ3n) is 6.67. The molecule has 0 saturated carbocycles. The quantitative estimate of drug-likeness (QED) is 0.174. The first-order valence-electron chi connectivity index (χ1n) is 12.6. The number of hydrogen-bond donors (Lipinski definition) is 2. The molecule has 0 bridgehead atoms. The first-order valence-corrected chi connectivity index (χ1v) is 13.4. The molecule has 0 fully saturated rings. The Morgan fingerprint density at radius 3 is 2.42 bits per heavy atom. The molecule has 5 rings (SSSR count). The standard InChI is InChI=1S/C31H27Cl2N3O4/c1-38-27-11-10-22(14-29(27)39-2)28(15-23-24(32)17-34-18-25(23)33)40-31(37)21-8-6-19(7-9-21)16-36-26-5-3-4-20-12-13-35-30(20)26/h3-14,17-18,28,35-36H,15-16H2,1-2H3/p+1/t28-/m0/s1. The second-order valence-electron chi connectivity index (χ2n) is 9.14. The average molecular weight is 577 g/mol. The lowest BCUT2D eigenvalue weighted by Gasteiger charge is -2.20. The second kappa shape index (κ2) is 12.3. The smallest absolute Gasteiger partial charge is 0.338 e. The highest BCUT2D eigenvalue weighted by Crippen LogP contribution is 2.35. The largest absolute Gasteiger partial charge is 0.493 e. The molecule has 7 nitrogen and oxygen atoms in total. The summed E-state index contributed by atoms with van der Waals surface area (Å²) >= 11 is 12.9. The van der Waals surface area contributed by atoms with E-state index in [1.807, 2.05) is 42.6 Å². The molecule has 2 aromatic heterocycles. The summed E-state index contributed by atoms with van der Waals surface area (Å²) in [6.07, 6.45) is 4.77. The lowest BCUT2D eigenvalue weighted by atomic mass is 10.0. The molecule has 9 heteroatoms. The van der Waals surface area contributed by atoms with Crippen LogP contribution >= 0.6 is 23.2 Å². The SMILES string of the molecule is COc1ccc([C@H](Cc2c(Cl)c[nH+]cc2Cl)OC(=O)c2ccc(CNc3cccc4cc[nH]c34)cc2)cc1OC. The Balaban J connectivity index is 1.34. The molecule has 1 atom stereocenters. The molecule has 0 aliphatic carbocycles. The van der Waals surface area contributed by atoms with E-state index in [4.69, 9.17) is 37.4 Å². The second-order valence-corrected chi connectivity index (χ2v) is 9.95. The summed E-state index contributed by atoms with van der Waals surface area (Å²) < 4.78 is 16.9. The van der Waals surface area contributed by atoms with Gasteiger partial charge < -0.3 is 24.5 Å². The summed E-state index contributed by atoms with van der Waals surface area (Å²) in [6.45, 7) is 0.601. The first kappa shape index (κ1) is 27.4. The molecular formula is C31H28Cl2N3O4+. The monoisotopic (exact) mass is 576 g/mol. The average Bonchev–Trinajstić information content (AvgIpc) is 3.47. The van der Waals surface area contributed by atoms with Gasteiger partial charge in [-0.05, 0) is 47.5 Å². The number of carbonyl (C=O) groups is 1. The van der Waals surface area contributed by atoms with Crippen LogP contribution in [-0.2, 0) is 17.7 Å². The molecule has 0 amide bonds. The van der Waals surface area contributed by atoms with Crippen LogP contribution in [0.2, 0.25) is 10.0 Å². The molecule has 0 radical (unpaired) electrons. The van der Waals surface area contributed by atoms with Crippen LogP contribution in [0.4, 0.5) is 5.69 Å². The summed E-state index contributed by atoms with van der Waals surface area (Å²) in [5.74, 6) is 0.620. The minimum absolute atomic E-state index is 0.264. The highest BCUT2D eigenvalue weighted by Gasteiger charge is 2.24. The summed E-state index contributed by atoms with van der Waals surface area (Å²) in [6, 6.07) is 20.9. The van der Waals surface area contributed by atoms with Gasteiger partial charge in [0.15, 0.2) is 23.9 Å². The Hall–Kier alpha value is -4.20. The van der Waals surface area contributed by atoms with E-state index in [1.54, 1.807) is 50.9 Å². The van der Waals surface area contributed by atoms with Gasteiger partial charge in [-0.25, -0.2) is 9.78 Å². The van der Waals surface area contributed by atoms with Crippen molar-refractivity contribution in [3.8, 4) is 11.5 Å². The number of aromatic amines is 2. The number of hydrogen-bond acceptors (Lipinski definition) is 5. The maximum absolute atomic E-state index is 13.3. The zero-order valence-electron chi connectivity index (χ0n) is 22.0. The third-order valence-corrected chi connectivity index (χ3v) is 7.35. The fourth-order valence-corrected chi connectivity index (χ4v) is 5.06. The van der Waals surface area contributed by atoms with E-state index in [0.717, 1.165) is 22.2 Å². The van der Waals surface area contributed by atoms with Gasteiger partial charge in [-0.15, -0.1) is 0 Å². The van der Waals surface area contributed by atoms with Crippen molar-refractivity contribution in [1.82, 2.24) is 4.98 Å². The van der Waals surface area contributed by atoms with Crippen molar-refractivity contribution >= 4 is 45.8 Å². The molecule has 2 heterocycles. The van der Waals surface area contributed by atoms with Gasteiger partial charge in [0.05, 0.1) is 31.0 Å². The molecule has 0 saturated heterocycles. The number of methoxy groups -OCH3 is 2. The van der Waals surface area contributed by atoms with E-state index in [2.05, 4.69) is 21.4 Å². The molecular weight excluding hydrogens is 549 g/mol. The van der Waals surface area contributed by atoms with Crippen molar-refractivity contribution in [3.63, 3.8) is 0 Å². The third kappa shape index (κ3) is 6.01. The molecule has 204 valence electrons. The zero-order valence-corrected chi connectivity index (χ0v) is 23.5. The van der Waals surface area contributed by atoms with E-state index in [0.29, 0.717) is 44.8 Å². The van der Waals surface area contributed by atoms with Gasteiger partial charge in [-0.1, -0.05) is 53.5 Å². The number of benzene rings is 3. The topological polar surface area (TPSA) is 86.7 Å². The van der Waals surface area contributed by atoms with Crippen LogP contribution in [0.1, 0.15) is 33.2 Å². The van der Waals surface area contributed by atoms with E-state index in [9.17, 15) is 4.79 Å². The zero-order chi connectivity index (χ0) is 28.1. The molecule has 0 aliphatic heterocycles. The number of esters is 1. The molecule has 0 spiro atoms. The molecule has 0 unspecified atom stereocenters. The van der Waals surface area contributed by atoms with Gasteiger partial charge in [0, 0.05) is 30.1 Å². The summed E-state index contributed by atoms with van der Waals surface area (Å²) in [5, 5.41) is 5.49. The first-order chi connectivity index (χ1) is 19.5. The summed E-state index contributed by atoms with van der Waals surface area (Å²) in [4.78, 5) is 19.5.